The van der Waals surface area contributed by atoms with Gasteiger partial charge in [-0.1, -0.05) is 47.5 Å². The number of hydrogen-bond donors (Lipinski definition) is 3. The number of aromatic nitrogens is 2. The maximum absolute atomic E-state index is 13.3. The Kier molecular flexibility index (Phi) is 6.05. The smallest absolute Gasteiger partial charge is 0.416 e. The second kappa shape index (κ2) is 9.07. The molecule has 0 spiro atoms. The van der Waals surface area contributed by atoms with Gasteiger partial charge < -0.3 is 20.0 Å². The van der Waals surface area contributed by atoms with Crippen LogP contribution in [0.15, 0.2) is 59.0 Å². The first-order chi connectivity index (χ1) is 17.1. The number of imidazole rings is 1. The molecule has 2 heterocycles. The molecule has 0 unspecified atom stereocenters. The van der Waals surface area contributed by atoms with E-state index in [2.05, 4.69) is 20.6 Å². The SMILES string of the molecule is Cc1cc2c(o1)c(C(=O)NCc1ccccc1C(F)(F)F)cc1[nH]c(Nc3c(Cl)cccc3Cl)nc12. The normalized spacial score (nSPS) is 11.8. The first-order valence-corrected chi connectivity index (χ1v) is 11.4. The molecule has 0 aliphatic heterocycles. The molecule has 6 nitrogen and oxygen atoms in total. The van der Waals surface area contributed by atoms with Gasteiger partial charge in [-0.2, -0.15) is 13.2 Å². The van der Waals surface area contributed by atoms with Crippen LogP contribution in [0.1, 0.15) is 27.2 Å². The van der Waals surface area contributed by atoms with Crippen LogP contribution in [0.2, 0.25) is 10.0 Å². The molecule has 0 atom stereocenters. The molecule has 0 bridgehead atoms. The predicted molar refractivity (Wildman–Crippen MR) is 133 cm³/mol. The van der Waals surface area contributed by atoms with E-state index >= 15 is 0 Å². The molecule has 0 aliphatic rings. The lowest BCUT2D eigenvalue weighted by atomic mass is 10.1. The number of nitrogens with one attached hydrogen (secondary N) is 3. The van der Waals surface area contributed by atoms with Crippen molar-refractivity contribution < 1.29 is 22.4 Å². The molecule has 5 rings (SSSR count). The lowest BCUT2D eigenvalue weighted by Crippen LogP contribution is -2.24. The number of furan rings is 1. The topological polar surface area (TPSA) is 83.0 Å². The monoisotopic (exact) mass is 532 g/mol. The van der Waals surface area contributed by atoms with E-state index in [4.69, 9.17) is 27.6 Å². The van der Waals surface area contributed by atoms with Crippen molar-refractivity contribution in [3.63, 3.8) is 0 Å². The van der Waals surface area contributed by atoms with Gasteiger partial charge in [-0.05, 0) is 42.8 Å². The van der Waals surface area contributed by atoms with Crippen molar-refractivity contribution in [2.24, 2.45) is 0 Å². The number of aryl methyl sites for hydroxylation is 1. The molecule has 1 amide bonds. The summed E-state index contributed by atoms with van der Waals surface area (Å²) in [5, 5.41) is 6.98. The number of aromatic amines is 1. The van der Waals surface area contributed by atoms with Gasteiger partial charge in [0.05, 0.1) is 32.4 Å². The summed E-state index contributed by atoms with van der Waals surface area (Å²) in [6.07, 6.45) is -4.53. The Morgan fingerprint density at radius 1 is 1.08 bits per heavy atom. The van der Waals surface area contributed by atoms with E-state index < -0.39 is 17.6 Å². The van der Waals surface area contributed by atoms with Gasteiger partial charge in [0, 0.05) is 11.9 Å². The largest absolute Gasteiger partial charge is 0.460 e. The molecule has 2 aromatic heterocycles. The van der Waals surface area contributed by atoms with E-state index in [-0.39, 0.29) is 23.3 Å². The number of benzene rings is 3. The van der Waals surface area contributed by atoms with Gasteiger partial charge in [0.1, 0.15) is 16.9 Å². The fraction of sp³-hybridized carbons (Fsp3) is 0.120. The number of halogens is 5. The molecule has 3 N–H and O–H groups in total. The maximum atomic E-state index is 13.3. The van der Waals surface area contributed by atoms with Gasteiger partial charge in [-0.15, -0.1) is 0 Å². The first kappa shape index (κ1) is 24.0. The molecular weight excluding hydrogens is 516 g/mol. The Morgan fingerprint density at radius 2 is 1.81 bits per heavy atom. The maximum Gasteiger partial charge on any atom is 0.416 e. The average molecular weight is 533 g/mol. The van der Waals surface area contributed by atoms with E-state index in [1.54, 1.807) is 31.2 Å². The van der Waals surface area contributed by atoms with Crippen LogP contribution in [0.3, 0.4) is 0 Å². The molecule has 0 fully saturated rings. The number of fused-ring (bicyclic) bond motifs is 3. The van der Waals surface area contributed by atoms with Crippen LogP contribution in [0.5, 0.6) is 0 Å². The Labute approximate surface area is 212 Å². The summed E-state index contributed by atoms with van der Waals surface area (Å²) >= 11 is 12.5. The van der Waals surface area contributed by atoms with Gasteiger partial charge in [0.2, 0.25) is 5.95 Å². The number of nitrogens with zero attached hydrogens (tertiary/aromatic N) is 1. The highest BCUT2D eigenvalue weighted by molar-refractivity contribution is 6.39. The summed E-state index contributed by atoms with van der Waals surface area (Å²) in [4.78, 5) is 20.7. The second-order valence-corrected chi connectivity index (χ2v) is 8.88. The van der Waals surface area contributed by atoms with E-state index in [0.717, 1.165) is 6.07 Å². The molecule has 0 saturated carbocycles. The number of amides is 1. The van der Waals surface area contributed by atoms with Crippen molar-refractivity contribution >= 4 is 62.7 Å². The van der Waals surface area contributed by atoms with E-state index in [9.17, 15) is 18.0 Å². The van der Waals surface area contributed by atoms with Gasteiger partial charge in [-0.25, -0.2) is 4.98 Å². The van der Waals surface area contributed by atoms with Crippen molar-refractivity contribution in [3.8, 4) is 0 Å². The number of anilines is 2. The van der Waals surface area contributed by atoms with Crippen LogP contribution in [0.25, 0.3) is 22.0 Å². The molecular formula is C25H17Cl2F3N4O2. The summed E-state index contributed by atoms with van der Waals surface area (Å²) in [6.45, 7) is 1.41. The van der Waals surface area contributed by atoms with Crippen LogP contribution in [0.4, 0.5) is 24.8 Å². The molecule has 0 aliphatic carbocycles. The summed E-state index contributed by atoms with van der Waals surface area (Å²) in [5.74, 6) is 0.281. The Balaban J connectivity index is 1.50. The van der Waals surface area contributed by atoms with Crippen LogP contribution < -0.4 is 10.6 Å². The molecule has 3 aromatic carbocycles. The summed E-state index contributed by atoms with van der Waals surface area (Å²) in [7, 11) is 0. The molecule has 5 aromatic rings. The zero-order chi connectivity index (χ0) is 25.6. The first-order valence-electron chi connectivity index (χ1n) is 10.7. The van der Waals surface area contributed by atoms with Crippen molar-refractivity contribution in [2.45, 2.75) is 19.6 Å². The van der Waals surface area contributed by atoms with Crippen molar-refractivity contribution in [1.29, 1.82) is 0 Å². The Morgan fingerprint density at radius 3 is 2.53 bits per heavy atom. The average Bonchev–Trinajstić information content (AvgIpc) is 3.41. The van der Waals surface area contributed by atoms with Gasteiger partial charge in [0.15, 0.2) is 0 Å². The van der Waals surface area contributed by atoms with Crippen LogP contribution in [-0.4, -0.2) is 15.9 Å². The van der Waals surface area contributed by atoms with Crippen LogP contribution >= 0.6 is 23.2 Å². The van der Waals surface area contributed by atoms with E-state index in [0.29, 0.717) is 43.9 Å². The standard InChI is InChI=1S/C25H17Cl2F3N4O2/c1-12-9-14-20-19(32-24(33-20)34-21-17(26)7-4-8-18(21)27)10-15(22(14)36-12)23(35)31-11-13-5-2-3-6-16(13)25(28,29)30/h2-10H,11H2,1H3,(H,31,35)(H2,32,33,34). The van der Waals surface area contributed by atoms with E-state index in [1.165, 1.54) is 24.3 Å². The lowest BCUT2D eigenvalue weighted by molar-refractivity contribution is -0.138. The zero-order valence-corrected chi connectivity index (χ0v) is 20.1. The molecule has 0 saturated heterocycles. The summed E-state index contributed by atoms with van der Waals surface area (Å²) in [6, 6.07) is 13.4. The number of para-hydroxylation sites is 1. The van der Waals surface area contributed by atoms with Crippen molar-refractivity contribution in [1.82, 2.24) is 15.3 Å². The number of alkyl halides is 3. The van der Waals surface area contributed by atoms with Gasteiger partial charge in [0.25, 0.3) is 5.91 Å². The minimum atomic E-state index is -4.53. The highest BCUT2D eigenvalue weighted by atomic mass is 35.5. The fourth-order valence-electron chi connectivity index (χ4n) is 3.98. The van der Waals surface area contributed by atoms with Crippen LogP contribution in [-0.2, 0) is 12.7 Å². The van der Waals surface area contributed by atoms with Gasteiger partial charge >= 0.3 is 6.18 Å². The number of carbonyl (C=O) groups is 1. The number of carbonyl (C=O) groups excluding carboxylic acids is 1. The lowest BCUT2D eigenvalue weighted by Gasteiger charge is -2.13. The third-order valence-electron chi connectivity index (χ3n) is 5.59. The molecule has 0 radical (unpaired) electrons. The second-order valence-electron chi connectivity index (χ2n) is 8.06. The highest BCUT2D eigenvalue weighted by Gasteiger charge is 2.33. The highest BCUT2D eigenvalue weighted by Crippen LogP contribution is 2.35. The number of H-pyrrole nitrogens is 1. The van der Waals surface area contributed by atoms with Crippen molar-refractivity contribution in [3.05, 3.63) is 87.1 Å². The molecule has 36 heavy (non-hydrogen) atoms. The number of rotatable bonds is 5. The number of hydrogen-bond acceptors (Lipinski definition) is 4. The minimum absolute atomic E-state index is 0.0454. The summed E-state index contributed by atoms with van der Waals surface area (Å²) in [5.41, 5.74) is 1.08. The quantitative estimate of drug-likeness (QED) is 0.217. The zero-order valence-electron chi connectivity index (χ0n) is 18.6. The Hall–Kier alpha value is -3.69. The third kappa shape index (κ3) is 4.47. The Bertz CT molecular complexity index is 1610. The van der Waals surface area contributed by atoms with E-state index in [1.807, 2.05) is 0 Å². The van der Waals surface area contributed by atoms with Gasteiger partial charge in [-0.3, -0.25) is 4.79 Å². The summed E-state index contributed by atoms with van der Waals surface area (Å²) < 4.78 is 45.8. The minimum Gasteiger partial charge on any atom is -0.460 e. The van der Waals surface area contributed by atoms with Crippen molar-refractivity contribution in [2.75, 3.05) is 5.32 Å². The van der Waals surface area contributed by atoms with Crippen LogP contribution in [0, 0.1) is 6.92 Å². The molecule has 11 heteroatoms. The third-order valence-corrected chi connectivity index (χ3v) is 6.22. The fourth-order valence-corrected chi connectivity index (χ4v) is 4.47. The predicted octanol–water partition coefficient (Wildman–Crippen LogP) is 7.62. The molecule has 184 valence electrons.